The van der Waals surface area contributed by atoms with Crippen LogP contribution in [0, 0.1) is 5.82 Å². The van der Waals surface area contributed by atoms with E-state index in [-0.39, 0.29) is 16.7 Å². The highest BCUT2D eigenvalue weighted by Gasteiger charge is 2.17. The van der Waals surface area contributed by atoms with Crippen molar-refractivity contribution >= 4 is 15.7 Å². The highest BCUT2D eigenvalue weighted by atomic mass is 32.2. The first kappa shape index (κ1) is 15.3. The summed E-state index contributed by atoms with van der Waals surface area (Å²) < 4.78 is 45.8. The molecule has 112 valence electrons. The Morgan fingerprint density at radius 1 is 1.10 bits per heavy atom. The summed E-state index contributed by atoms with van der Waals surface area (Å²) in [5, 5.41) is 0. The number of anilines is 1. The molecule has 0 bridgehead atoms. The molecular formula is C15H16FNO3S. The van der Waals surface area contributed by atoms with E-state index < -0.39 is 15.8 Å². The lowest BCUT2D eigenvalue weighted by Crippen LogP contribution is -2.13. The molecule has 0 aliphatic heterocycles. The van der Waals surface area contributed by atoms with E-state index in [0.717, 1.165) is 6.07 Å². The number of hydrogen-bond donors (Lipinski definition) is 1. The molecule has 0 aliphatic rings. The third-order valence-corrected chi connectivity index (χ3v) is 3.98. The van der Waals surface area contributed by atoms with Gasteiger partial charge in [-0.25, -0.2) is 12.8 Å². The van der Waals surface area contributed by atoms with Gasteiger partial charge in [0.2, 0.25) is 0 Å². The lowest BCUT2D eigenvalue weighted by atomic mass is 10.3. The molecule has 0 aromatic heterocycles. The average molecular weight is 309 g/mol. The Bertz CT molecular complexity index is 715. The number of rotatable bonds is 5. The average Bonchev–Trinajstić information content (AvgIpc) is 2.41. The van der Waals surface area contributed by atoms with Gasteiger partial charge in [-0.15, -0.1) is 0 Å². The lowest BCUT2D eigenvalue weighted by molar-refractivity contribution is 0.231. The first-order valence-electron chi connectivity index (χ1n) is 6.42. The normalized spacial score (nSPS) is 11.4. The maximum absolute atomic E-state index is 13.9. The van der Waals surface area contributed by atoms with Crippen molar-refractivity contribution in [2.45, 2.75) is 24.8 Å². The van der Waals surface area contributed by atoms with Gasteiger partial charge >= 0.3 is 0 Å². The van der Waals surface area contributed by atoms with E-state index in [9.17, 15) is 12.8 Å². The quantitative estimate of drug-likeness (QED) is 0.921. The Balaban J connectivity index is 2.27. The molecule has 0 spiro atoms. The summed E-state index contributed by atoms with van der Waals surface area (Å²) in [6.45, 7) is 3.53. The molecule has 0 heterocycles. The Kier molecular flexibility index (Phi) is 4.47. The first-order chi connectivity index (χ1) is 9.88. The smallest absolute Gasteiger partial charge is 0.262 e. The van der Waals surface area contributed by atoms with E-state index in [0.29, 0.717) is 5.69 Å². The van der Waals surface area contributed by atoms with E-state index in [1.54, 1.807) is 44.2 Å². The molecule has 6 heteroatoms. The van der Waals surface area contributed by atoms with E-state index in [1.807, 2.05) is 0 Å². The maximum atomic E-state index is 13.9. The molecule has 2 rings (SSSR count). The van der Waals surface area contributed by atoms with Crippen molar-refractivity contribution in [1.82, 2.24) is 0 Å². The molecule has 1 N–H and O–H groups in total. The van der Waals surface area contributed by atoms with Crippen LogP contribution in [0.2, 0.25) is 0 Å². The highest BCUT2D eigenvalue weighted by Crippen LogP contribution is 2.23. The van der Waals surface area contributed by atoms with E-state index in [4.69, 9.17) is 4.74 Å². The van der Waals surface area contributed by atoms with Gasteiger partial charge in [0.1, 0.15) is 0 Å². The van der Waals surface area contributed by atoms with Gasteiger partial charge in [-0.3, -0.25) is 4.72 Å². The summed E-state index contributed by atoms with van der Waals surface area (Å²) >= 11 is 0. The van der Waals surface area contributed by atoms with Crippen LogP contribution in [0.5, 0.6) is 5.75 Å². The Morgan fingerprint density at radius 2 is 1.76 bits per heavy atom. The van der Waals surface area contributed by atoms with Gasteiger partial charge in [-0.2, -0.15) is 0 Å². The second-order valence-corrected chi connectivity index (χ2v) is 6.41. The van der Waals surface area contributed by atoms with Crippen molar-refractivity contribution in [1.29, 1.82) is 0 Å². The number of benzene rings is 2. The van der Waals surface area contributed by atoms with Crippen molar-refractivity contribution in [3.05, 3.63) is 54.3 Å². The van der Waals surface area contributed by atoms with Crippen LogP contribution >= 0.6 is 0 Å². The van der Waals surface area contributed by atoms with Crippen LogP contribution in [-0.4, -0.2) is 14.5 Å². The molecular weight excluding hydrogens is 293 g/mol. The van der Waals surface area contributed by atoms with Gasteiger partial charge in [0.05, 0.1) is 11.0 Å². The Morgan fingerprint density at radius 3 is 2.33 bits per heavy atom. The third-order valence-electron chi connectivity index (χ3n) is 2.60. The molecule has 0 atom stereocenters. The zero-order valence-corrected chi connectivity index (χ0v) is 12.5. The van der Waals surface area contributed by atoms with Crippen molar-refractivity contribution in [2.75, 3.05) is 4.72 Å². The molecule has 0 saturated heterocycles. The number of ether oxygens (including phenoxy) is 1. The predicted octanol–water partition coefficient (Wildman–Crippen LogP) is 3.41. The molecule has 0 saturated carbocycles. The fourth-order valence-corrected chi connectivity index (χ4v) is 2.79. The van der Waals surface area contributed by atoms with Gasteiger partial charge in [0.15, 0.2) is 11.6 Å². The minimum atomic E-state index is -3.83. The van der Waals surface area contributed by atoms with Gasteiger partial charge in [-0.05, 0) is 44.2 Å². The maximum Gasteiger partial charge on any atom is 0.262 e. The van der Waals surface area contributed by atoms with Crippen LogP contribution in [-0.2, 0) is 10.0 Å². The molecule has 0 radical (unpaired) electrons. The second-order valence-electron chi connectivity index (χ2n) is 4.73. The fourth-order valence-electron chi connectivity index (χ4n) is 1.72. The monoisotopic (exact) mass is 309 g/mol. The number of para-hydroxylation sites is 1. The zero-order chi connectivity index (χ0) is 15.5. The van der Waals surface area contributed by atoms with Gasteiger partial charge in [0.25, 0.3) is 10.0 Å². The summed E-state index contributed by atoms with van der Waals surface area (Å²) in [6.07, 6.45) is -0.190. The Hall–Kier alpha value is -2.08. The van der Waals surface area contributed by atoms with Gasteiger partial charge < -0.3 is 4.74 Å². The van der Waals surface area contributed by atoms with Crippen LogP contribution in [0.25, 0.3) is 0 Å². The molecule has 21 heavy (non-hydrogen) atoms. The predicted molar refractivity (Wildman–Crippen MR) is 79.4 cm³/mol. The number of nitrogens with one attached hydrogen (secondary N) is 1. The van der Waals surface area contributed by atoms with Gasteiger partial charge in [0, 0.05) is 5.69 Å². The van der Waals surface area contributed by atoms with Crippen molar-refractivity contribution < 1.29 is 17.5 Å². The molecule has 2 aromatic carbocycles. The van der Waals surface area contributed by atoms with E-state index >= 15 is 0 Å². The number of halogens is 1. The highest BCUT2D eigenvalue weighted by molar-refractivity contribution is 7.92. The summed E-state index contributed by atoms with van der Waals surface area (Å²) in [6, 6.07) is 12.0. The molecule has 0 amide bonds. The van der Waals surface area contributed by atoms with Crippen LogP contribution in [0.15, 0.2) is 53.4 Å². The molecule has 0 unspecified atom stereocenters. The summed E-state index contributed by atoms with van der Waals surface area (Å²) in [5.74, 6) is -0.678. The van der Waals surface area contributed by atoms with Crippen molar-refractivity contribution in [3.8, 4) is 5.75 Å². The first-order valence-corrected chi connectivity index (χ1v) is 7.91. The zero-order valence-electron chi connectivity index (χ0n) is 11.7. The van der Waals surface area contributed by atoms with E-state index in [2.05, 4.69) is 4.72 Å². The topological polar surface area (TPSA) is 55.4 Å². The lowest BCUT2D eigenvalue weighted by Gasteiger charge is -2.12. The molecule has 4 nitrogen and oxygen atoms in total. The molecule has 0 fully saturated rings. The number of sulfonamides is 1. The summed E-state index contributed by atoms with van der Waals surface area (Å²) in [4.78, 5) is -0.153. The summed E-state index contributed by atoms with van der Waals surface area (Å²) in [5.41, 5.74) is 0.417. The van der Waals surface area contributed by atoms with Crippen LogP contribution in [0.4, 0.5) is 10.1 Å². The van der Waals surface area contributed by atoms with E-state index in [1.165, 1.54) is 12.1 Å². The van der Waals surface area contributed by atoms with Crippen LogP contribution < -0.4 is 9.46 Å². The largest absolute Gasteiger partial charge is 0.488 e. The number of hydrogen-bond acceptors (Lipinski definition) is 3. The minimum Gasteiger partial charge on any atom is -0.488 e. The second kappa shape index (κ2) is 6.13. The minimum absolute atomic E-state index is 0.0312. The fraction of sp³-hybridized carbons (Fsp3) is 0.200. The van der Waals surface area contributed by atoms with Crippen LogP contribution in [0.1, 0.15) is 13.8 Å². The Labute approximate surface area is 123 Å². The summed E-state index contributed by atoms with van der Waals surface area (Å²) in [7, 11) is -3.83. The van der Waals surface area contributed by atoms with Crippen molar-refractivity contribution in [2.24, 2.45) is 0 Å². The molecule has 0 aliphatic carbocycles. The SMILES string of the molecule is CC(C)Oc1ccc(S(=O)(=O)Nc2ccccc2)cc1F. The standard InChI is InChI=1S/C15H16FNO3S/c1-11(2)20-15-9-8-13(10-14(15)16)21(18,19)17-12-6-4-3-5-7-12/h3-11,17H,1-2H3. The third kappa shape index (κ3) is 3.95. The van der Waals surface area contributed by atoms with Gasteiger partial charge in [-0.1, -0.05) is 18.2 Å². The van der Waals surface area contributed by atoms with Crippen LogP contribution in [0.3, 0.4) is 0 Å². The van der Waals surface area contributed by atoms with Crippen molar-refractivity contribution in [3.63, 3.8) is 0 Å². The molecule has 2 aromatic rings.